The first-order valence-corrected chi connectivity index (χ1v) is 9.22. The third kappa shape index (κ3) is 1.82. The molecule has 0 amide bonds. The second-order valence-corrected chi connectivity index (χ2v) is 8.94. The second-order valence-electron chi connectivity index (χ2n) is 8.94. The highest BCUT2D eigenvalue weighted by Gasteiger charge is 2.64. The number of nitriles is 1. The highest BCUT2D eigenvalue weighted by atomic mass is 16.3. The number of carbonyl (C=O) groups is 1. The van der Waals surface area contributed by atoms with Gasteiger partial charge in [-0.05, 0) is 74.2 Å². The van der Waals surface area contributed by atoms with E-state index in [0.29, 0.717) is 36.4 Å². The van der Waals surface area contributed by atoms with Crippen molar-refractivity contribution in [3.8, 4) is 6.07 Å². The van der Waals surface area contributed by atoms with Crippen LogP contribution in [-0.4, -0.2) is 16.5 Å². The van der Waals surface area contributed by atoms with E-state index in [4.69, 9.17) is 0 Å². The molecule has 3 saturated carbocycles. The van der Waals surface area contributed by atoms with Crippen LogP contribution in [0.2, 0.25) is 0 Å². The minimum absolute atomic E-state index is 0.172. The summed E-state index contributed by atoms with van der Waals surface area (Å²) in [5, 5.41) is 20.4. The molecule has 3 fully saturated rings. The van der Waals surface area contributed by atoms with Crippen LogP contribution in [0, 0.1) is 39.9 Å². The predicted molar refractivity (Wildman–Crippen MR) is 87.3 cm³/mol. The molecule has 3 nitrogen and oxygen atoms in total. The fourth-order valence-electron chi connectivity index (χ4n) is 6.76. The van der Waals surface area contributed by atoms with Crippen LogP contribution in [0.25, 0.3) is 0 Å². The fourth-order valence-corrected chi connectivity index (χ4v) is 6.76. The fraction of sp³-hybridized carbons (Fsp3) is 0.800. The zero-order chi connectivity index (χ0) is 16.5. The maximum Gasteiger partial charge on any atom is 0.156 e. The molecule has 0 aromatic heterocycles. The average Bonchev–Trinajstić information content (AvgIpc) is 2.80. The number of aliphatic hydroxyl groups is 1. The van der Waals surface area contributed by atoms with Gasteiger partial charge in [0.25, 0.3) is 0 Å². The molecule has 124 valence electrons. The van der Waals surface area contributed by atoms with E-state index in [2.05, 4.69) is 19.9 Å². The lowest BCUT2D eigenvalue weighted by molar-refractivity contribution is -0.119. The summed E-state index contributed by atoms with van der Waals surface area (Å²) in [7, 11) is 0. The summed E-state index contributed by atoms with van der Waals surface area (Å²) in [5.41, 5.74) is 0.172. The summed E-state index contributed by atoms with van der Waals surface area (Å²) in [6, 6.07) is 2.25. The minimum Gasteiger partial charge on any atom is -0.375 e. The van der Waals surface area contributed by atoms with Crippen LogP contribution in [0.15, 0.2) is 11.6 Å². The lowest BCUT2D eigenvalue weighted by Crippen LogP contribution is -2.54. The number of allylic oxidation sites excluding steroid dienone is 1. The molecule has 0 aromatic carbocycles. The Morgan fingerprint density at radius 1 is 1.13 bits per heavy atom. The molecular formula is C20H27NO2. The highest BCUT2D eigenvalue weighted by Crippen LogP contribution is 2.67. The van der Waals surface area contributed by atoms with Gasteiger partial charge in [0.05, 0.1) is 6.07 Å². The number of hydrogen-bond acceptors (Lipinski definition) is 3. The summed E-state index contributed by atoms with van der Waals surface area (Å²) < 4.78 is 0. The molecule has 6 atom stereocenters. The number of ketones is 1. The lowest BCUT2D eigenvalue weighted by atomic mass is 9.46. The van der Waals surface area contributed by atoms with Gasteiger partial charge in [0.1, 0.15) is 0 Å². The largest absolute Gasteiger partial charge is 0.375 e. The Morgan fingerprint density at radius 3 is 2.61 bits per heavy atom. The normalized spacial score (nSPS) is 52.0. The summed E-state index contributed by atoms with van der Waals surface area (Å²) >= 11 is 0. The molecule has 23 heavy (non-hydrogen) atoms. The van der Waals surface area contributed by atoms with Crippen LogP contribution in [0.3, 0.4) is 0 Å². The Morgan fingerprint density at radius 2 is 1.87 bits per heavy atom. The van der Waals surface area contributed by atoms with E-state index in [0.717, 1.165) is 38.5 Å². The van der Waals surface area contributed by atoms with Gasteiger partial charge in [0.15, 0.2) is 11.4 Å². The Labute approximate surface area is 138 Å². The van der Waals surface area contributed by atoms with Gasteiger partial charge in [0, 0.05) is 11.8 Å². The van der Waals surface area contributed by atoms with Crippen molar-refractivity contribution in [2.45, 2.75) is 70.8 Å². The van der Waals surface area contributed by atoms with E-state index in [1.165, 1.54) is 5.57 Å². The maximum atomic E-state index is 11.8. The molecule has 0 saturated heterocycles. The minimum atomic E-state index is -1.14. The zero-order valence-corrected chi connectivity index (χ0v) is 14.3. The number of nitrogens with zero attached hydrogens (tertiary/aromatic N) is 1. The summed E-state index contributed by atoms with van der Waals surface area (Å²) in [5.74, 6) is 1.99. The average molecular weight is 313 g/mol. The molecule has 0 unspecified atom stereocenters. The van der Waals surface area contributed by atoms with Crippen molar-refractivity contribution in [1.29, 1.82) is 5.26 Å². The van der Waals surface area contributed by atoms with Gasteiger partial charge in [-0.2, -0.15) is 5.26 Å². The SMILES string of the molecule is C[C@]12CCC(=O)C=C1CC[C@@H]1[C@H]3CC[C@](O)(C#N)[C@@]3(C)CC[C@@H]12. The van der Waals surface area contributed by atoms with Gasteiger partial charge in [-0.1, -0.05) is 19.4 Å². The molecule has 1 N–H and O–H groups in total. The Bertz CT molecular complexity index is 632. The van der Waals surface area contributed by atoms with Crippen molar-refractivity contribution in [2.75, 3.05) is 0 Å². The third-order valence-electron chi connectivity index (χ3n) is 8.30. The van der Waals surface area contributed by atoms with E-state index < -0.39 is 5.60 Å². The Balaban J connectivity index is 1.70. The van der Waals surface area contributed by atoms with Gasteiger partial charge in [0.2, 0.25) is 0 Å². The van der Waals surface area contributed by atoms with Crippen LogP contribution in [-0.2, 0) is 4.79 Å². The number of fused-ring (bicyclic) bond motifs is 5. The van der Waals surface area contributed by atoms with Gasteiger partial charge in [-0.25, -0.2) is 0 Å². The molecule has 0 bridgehead atoms. The van der Waals surface area contributed by atoms with Crippen LogP contribution < -0.4 is 0 Å². The molecule has 0 aromatic rings. The third-order valence-corrected chi connectivity index (χ3v) is 8.30. The van der Waals surface area contributed by atoms with E-state index in [9.17, 15) is 15.2 Å². The lowest BCUT2D eigenvalue weighted by Gasteiger charge is -2.58. The van der Waals surface area contributed by atoms with Gasteiger partial charge < -0.3 is 5.11 Å². The van der Waals surface area contributed by atoms with E-state index in [1.54, 1.807) is 0 Å². The van der Waals surface area contributed by atoms with Crippen LogP contribution in [0.1, 0.15) is 65.2 Å². The second kappa shape index (κ2) is 4.70. The van der Waals surface area contributed by atoms with Crippen molar-refractivity contribution in [1.82, 2.24) is 0 Å². The molecule has 0 spiro atoms. The van der Waals surface area contributed by atoms with Crippen LogP contribution >= 0.6 is 0 Å². The van der Waals surface area contributed by atoms with Crippen molar-refractivity contribution >= 4 is 5.78 Å². The molecule has 4 aliphatic rings. The molecule has 3 heteroatoms. The molecule has 0 radical (unpaired) electrons. The molecule has 4 aliphatic carbocycles. The quantitative estimate of drug-likeness (QED) is 0.692. The molecular weight excluding hydrogens is 286 g/mol. The summed E-state index contributed by atoms with van der Waals surface area (Å²) in [4.78, 5) is 11.8. The summed E-state index contributed by atoms with van der Waals surface area (Å²) in [6.07, 6.45) is 9.42. The maximum absolute atomic E-state index is 11.8. The first kappa shape index (κ1) is 15.4. The van der Waals surface area contributed by atoms with E-state index in [-0.39, 0.29) is 10.8 Å². The standard InChI is InChI=1S/C20H27NO2/c1-18-8-5-14(22)11-13(18)3-4-15-16(18)6-9-19(2)17(15)7-10-20(19,23)12-21/h11,15-17,23H,3-10H2,1-2H3/t15-,16-,17+,18-,19-,20-/m0/s1. The van der Waals surface area contributed by atoms with Crippen molar-refractivity contribution in [3.63, 3.8) is 0 Å². The highest BCUT2D eigenvalue weighted by molar-refractivity contribution is 5.91. The first-order valence-electron chi connectivity index (χ1n) is 9.22. The summed E-state index contributed by atoms with van der Waals surface area (Å²) in [6.45, 7) is 4.53. The van der Waals surface area contributed by atoms with Gasteiger partial charge in [-0.15, -0.1) is 0 Å². The number of rotatable bonds is 0. The van der Waals surface area contributed by atoms with Gasteiger partial charge in [-0.3, -0.25) is 4.79 Å². The Kier molecular flexibility index (Phi) is 3.14. The van der Waals surface area contributed by atoms with Gasteiger partial charge >= 0.3 is 0 Å². The predicted octanol–water partition coefficient (Wildman–Crippen LogP) is 3.77. The topological polar surface area (TPSA) is 61.1 Å². The smallest absolute Gasteiger partial charge is 0.156 e. The number of carbonyl (C=O) groups excluding carboxylic acids is 1. The van der Waals surface area contributed by atoms with Crippen molar-refractivity contribution < 1.29 is 9.90 Å². The molecule has 4 rings (SSSR count). The van der Waals surface area contributed by atoms with E-state index >= 15 is 0 Å². The van der Waals surface area contributed by atoms with Crippen LogP contribution in [0.5, 0.6) is 0 Å². The van der Waals surface area contributed by atoms with Crippen molar-refractivity contribution in [2.24, 2.45) is 28.6 Å². The Hall–Kier alpha value is -1.14. The zero-order valence-electron chi connectivity index (χ0n) is 14.3. The molecule has 0 aliphatic heterocycles. The van der Waals surface area contributed by atoms with Crippen molar-refractivity contribution in [3.05, 3.63) is 11.6 Å². The number of hydrogen-bond donors (Lipinski definition) is 1. The molecule has 0 heterocycles. The van der Waals surface area contributed by atoms with E-state index in [1.807, 2.05) is 6.08 Å². The monoisotopic (exact) mass is 313 g/mol. The first-order chi connectivity index (χ1) is 10.8. The van der Waals surface area contributed by atoms with Crippen LogP contribution in [0.4, 0.5) is 0 Å².